The number of phenolic OH excluding ortho intramolecular Hbond substituents is 2. The molecule has 1 amide bonds. The largest absolute Gasteiger partial charge is 0.508 e. The highest BCUT2D eigenvalue weighted by atomic mass is 19.1. The molecule has 0 unspecified atom stereocenters. The van der Waals surface area contributed by atoms with Crippen molar-refractivity contribution in [2.24, 2.45) is 0 Å². The molecule has 3 aromatic carbocycles. The Morgan fingerprint density at radius 2 is 1.31 bits per heavy atom. The highest BCUT2D eigenvalue weighted by Gasteiger charge is 2.51. The van der Waals surface area contributed by atoms with Gasteiger partial charge in [0.1, 0.15) is 28.5 Å². The molecule has 3 N–H and O–H groups in total. The number of halogens is 2. The number of carbonyl (C=O) groups excluding carboxylic acids is 1. The molecule has 0 radical (unpaired) electrons. The first-order valence-electron chi connectivity index (χ1n) is 7.83. The Labute approximate surface area is 147 Å². The molecule has 0 bridgehead atoms. The third-order valence-corrected chi connectivity index (χ3v) is 4.64. The summed E-state index contributed by atoms with van der Waals surface area (Å²) in [6.07, 6.45) is 0. The van der Waals surface area contributed by atoms with Gasteiger partial charge in [-0.2, -0.15) is 0 Å². The van der Waals surface area contributed by atoms with Crippen molar-refractivity contribution in [1.82, 2.24) is 0 Å². The number of amides is 1. The standard InChI is InChI=1S/C20H13F2NO3/c21-13-9-16-18(17(22)10-13)23-19(26)20(16,11-1-5-14(24)6-2-11)12-3-7-15(25)8-4-12/h1-10,24-25H,(H,23,26). The van der Waals surface area contributed by atoms with E-state index in [0.717, 1.165) is 6.07 Å². The highest BCUT2D eigenvalue weighted by Crippen LogP contribution is 2.49. The number of fused-ring (bicyclic) bond motifs is 1. The average Bonchev–Trinajstić information content (AvgIpc) is 2.90. The topological polar surface area (TPSA) is 69.6 Å². The molecular formula is C20H13F2NO3. The van der Waals surface area contributed by atoms with E-state index in [1.165, 1.54) is 48.5 Å². The predicted octanol–water partition coefficient (Wildman–Crippen LogP) is 3.66. The molecule has 0 aromatic heterocycles. The third-order valence-electron chi connectivity index (χ3n) is 4.64. The first-order chi connectivity index (χ1) is 12.4. The number of carbonyl (C=O) groups is 1. The summed E-state index contributed by atoms with van der Waals surface area (Å²) >= 11 is 0. The van der Waals surface area contributed by atoms with Crippen molar-refractivity contribution in [3.63, 3.8) is 0 Å². The number of hydrogen-bond acceptors (Lipinski definition) is 3. The molecule has 0 atom stereocenters. The summed E-state index contributed by atoms with van der Waals surface area (Å²) in [7, 11) is 0. The lowest BCUT2D eigenvalue weighted by Crippen LogP contribution is -2.37. The van der Waals surface area contributed by atoms with Gasteiger partial charge in [0, 0.05) is 11.6 Å². The fourth-order valence-corrected chi connectivity index (χ4v) is 3.49. The van der Waals surface area contributed by atoms with Crippen molar-refractivity contribution in [2.45, 2.75) is 5.41 Å². The third kappa shape index (κ3) is 2.15. The van der Waals surface area contributed by atoms with Crippen LogP contribution in [0.3, 0.4) is 0 Å². The summed E-state index contributed by atoms with van der Waals surface area (Å²) in [6.45, 7) is 0. The summed E-state index contributed by atoms with van der Waals surface area (Å²) in [5, 5.41) is 21.7. The van der Waals surface area contributed by atoms with Crippen LogP contribution in [-0.4, -0.2) is 16.1 Å². The fourth-order valence-electron chi connectivity index (χ4n) is 3.49. The van der Waals surface area contributed by atoms with E-state index in [-0.39, 0.29) is 22.7 Å². The molecule has 130 valence electrons. The van der Waals surface area contributed by atoms with Gasteiger partial charge in [0.25, 0.3) is 0 Å². The molecule has 4 rings (SSSR count). The maximum Gasteiger partial charge on any atom is 0.244 e. The van der Waals surface area contributed by atoms with Crippen LogP contribution in [0.2, 0.25) is 0 Å². The molecule has 3 aromatic rings. The Hall–Kier alpha value is -3.41. The lowest BCUT2D eigenvalue weighted by atomic mass is 9.70. The second-order valence-corrected chi connectivity index (χ2v) is 6.11. The van der Waals surface area contributed by atoms with Gasteiger partial charge in [-0.05, 0) is 41.5 Å². The second-order valence-electron chi connectivity index (χ2n) is 6.11. The normalized spacial score (nSPS) is 14.8. The van der Waals surface area contributed by atoms with Crippen molar-refractivity contribution in [3.05, 3.63) is 89.0 Å². The zero-order valence-corrected chi connectivity index (χ0v) is 13.3. The van der Waals surface area contributed by atoms with E-state index in [2.05, 4.69) is 5.32 Å². The average molecular weight is 353 g/mol. The van der Waals surface area contributed by atoms with E-state index in [4.69, 9.17) is 0 Å². The molecule has 6 heteroatoms. The van der Waals surface area contributed by atoms with E-state index >= 15 is 0 Å². The van der Waals surface area contributed by atoms with Gasteiger partial charge in [-0.1, -0.05) is 24.3 Å². The summed E-state index contributed by atoms with van der Waals surface area (Å²) in [6, 6.07) is 13.5. The van der Waals surface area contributed by atoms with E-state index < -0.39 is 23.0 Å². The number of benzene rings is 3. The first-order valence-corrected chi connectivity index (χ1v) is 7.83. The van der Waals surface area contributed by atoms with Gasteiger partial charge in [-0.15, -0.1) is 0 Å². The van der Waals surface area contributed by atoms with Crippen molar-refractivity contribution in [1.29, 1.82) is 0 Å². The summed E-state index contributed by atoms with van der Waals surface area (Å²) in [5.41, 5.74) is -0.599. The Morgan fingerprint density at radius 1 is 0.808 bits per heavy atom. The number of anilines is 1. The molecule has 1 aliphatic rings. The van der Waals surface area contributed by atoms with Crippen molar-refractivity contribution in [3.8, 4) is 11.5 Å². The highest BCUT2D eigenvalue weighted by molar-refractivity contribution is 6.11. The van der Waals surface area contributed by atoms with Gasteiger partial charge in [0.05, 0.1) is 5.69 Å². The maximum absolute atomic E-state index is 14.3. The predicted molar refractivity (Wildman–Crippen MR) is 91.1 cm³/mol. The van der Waals surface area contributed by atoms with Crippen LogP contribution >= 0.6 is 0 Å². The van der Waals surface area contributed by atoms with Gasteiger partial charge in [0.15, 0.2) is 0 Å². The number of nitrogens with one attached hydrogen (secondary N) is 1. The maximum atomic E-state index is 14.3. The molecule has 0 aliphatic carbocycles. The Morgan fingerprint density at radius 3 is 1.81 bits per heavy atom. The van der Waals surface area contributed by atoms with E-state index in [0.29, 0.717) is 17.2 Å². The zero-order chi connectivity index (χ0) is 18.5. The van der Waals surface area contributed by atoms with Crippen LogP contribution in [0.5, 0.6) is 11.5 Å². The molecule has 0 saturated carbocycles. The number of hydrogen-bond donors (Lipinski definition) is 3. The van der Waals surface area contributed by atoms with Crippen LogP contribution in [-0.2, 0) is 10.2 Å². The van der Waals surface area contributed by atoms with Crippen LogP contribution in [0.25, 0.3) is 0 Å². The summed E-state index contributed by atoms with van der Waals surface area (Å²) in [4.78, 5) is 13.1. The van der Waals surface area contributed by atoms with Crippen LogP contribution < -0.4 is 5.32 Å². The van der Waals surface area contributed by atoms with Gasteiger partial charge in [-0.25, -0.2) is 8.78 Å². The fraction of sp³-hybridized carbons (Fsp3) is 0.0500. The second kappa shape index (κ2) is 5.56. The molecule has 1 heterocycles. The van der Waals surface area contributed by atoms with E-state index in [1.54, 1.807) is 0 Å². The molecule has 0 saturated heterocycles. The lowest BCUT2D eigenvalue weighted by molar-refractivity contribution is -0.118. The Kier molecular flexibility index (Phi) is 3.44. The van der Waals surface area contributed by atoms with Gasteiger partial charge >= 0.3 is 0 Å². The van der Waals surface area contributed by atoms with Crippen molar-refractivity contribution in [2.75, 3.05) is 5.32 Å². The minimum Gasteiger partial charge on any atom is -0.508 e. The Bertz CT molecular complexity index is 969. The number of rotatable bonds is 2. The molecule has 0 spiro atoms. The molecule has 0 fully saturated rings. The first kappa shape index (κ1) is 16.1. The minimum absolute atomic E-state index is 0.00124. The van der Waals surface area contributed by atoms with Gasteiger partial charge in [-0.3, -0.25) is 4.79 Å². The van der Waals surface area contributed by atoms with Crippen LogP contribution in [0.4, 0.5) is 14.5 Å². The Balaban J connectivity index is 2.10. The monoisotopic (exact) mass is 353 g/mol. The summed E-state index contributed by atoms with van der Waals surface area (Å²) < 4.78 is 28.3. The van der Waals surface area contributed by atoms with Crippen LogP contribution in [0.1, 0.15) is 16.7 Å². The number of phenols is 2. The van der Waals surface area contributed by atoms with E-state index in [9.17, 15) is 23.8 Å². The smallest absolute Gasteiger partial charge is 0.244 e. The zero-order valence-electron chi connectivity index (χ0n) is 13.3. The minimum atomic E-state index is -1.51. The van der Waals surface area contributed by atoms with Crippen molar-refractivity contribution < 1.29 is 23.8 Å². The van der Waals surface area contributed by atoms with Gasteiger partial charge < -0.3 is 15.5 Å². The SMILES string of the molecule is O=C1Nc2c(F)cc(F)cc2C1(c1ccc(O)cc1)c1ccc(O)cc1. The quantitative estimate of drug-likeness (QED) is 0.658. The van der Waals surface area contributed by atoms with Crippen molar-refractivity contribution >= 4 is 11.6 Å². The molecular weight excluding hydrogens is 340 g/mol. The van der Waals surface area contributed by atoms with E-state index in [1.807, 2.05) is 0 Å². The van der Waals surface area contributed by atoms with Crippen LogP contribution in [0.15, 0.2) is 60.7 Å². The van der Waals surface area contributed by atoms with Gasteiger partial charge in [0.2, 0.25) is 5.91 Å². The number of aromatic hydroxyl groups is 2. The molecule has 1 aliphatic heterocycles. The molecule has 4 nitrogen and oxygen atoms in total. The summed E-state index contributed by atoms with van der Waals surface area (Å²) in [5.74, 6) is -2.22. The van der Waals surface area contributed by atoms with Crippen LogP contribution in [0, 0.1) is 11.6 Å². The lowest BCUT2D eigenvalue weighted by Gasteiger charge is -2.29. The molecule has 26 heavy (non-hydrogen) atoms.